The maximum absolute atomic E-state index is 6.11. The van der Waals surface area contributed by atoms with Crippen molar-refractivity contribution in [1.82, 2.24) is 14.5 Å². The topological polar surface area (TPSA) is 43.9 Å². The van der Waals surface area contributed by atoms with E-state index in [1.807, 2.05) is 42.6 Å². The fourth-order valence-electron chi connectivity index (χ4n) is 7.73. The number of para-hydroxylation sites is 2. The SMILES string of the molecule is CC(C)(C)Cc1ccnc(-c2[c-]ccc3c2oc2ccccc23)c1.CC1C=C(C2CCCC2)c2cccc3nc(-c4[c-]cccc4)n1c23.[Ir]. The van der Waals surface area contributed by atoms with Gasteiger partial charge in [0.2, 0.25) is 0 Å². The number of allylic oxidation sites excluding steroid dienone is 2. The van der Waals surface area contributed by atoms with Crippen molar-refractivity contribution in [1.29, 1.82) is 0 Å². The molecule has 5 heteroatoms. The van der Waals surface area contributed by atoms with Crippen molar-refractivity contribution in [2.45, 2.75) is 65.8 Å². The first-order valence-corrected chi connectivity index (χ1v) is 17.3. The molecule has 1 fully saturated rings. The monoisotopic (exact) mass is 820 g/mol. The Bertz CT molecular complexity index is 2280. The van der Waals surface area contributed by atoms with Gasteiger partial charge in [-0.2, -0.15) is 0 Å². The largest absolute Gasteiger partial charge is 0.501 e. The second kappa shape index (κ2) is 13.5. The average Bonchev–Trinajstić information content (AvgIpc) is 3.85. The zero-order valence-corrected chi connectivity index (χ0v) is 31.0. The first-order chi connectivity index (χ1) is 23.3. The van der Waals surface area contributed by atoms with Crippen molar-refractivity contribution >= 4 is 38.5 Å². The van der Waals surface area contributed by atoms with E-state index in [-0.39, 0.29) is 25.5 Å². The van der Waals surface area contributed by atoms with Crippen LogP contribution in [0.3, 0.4) is 0 Å². The molecule has 2 aliphatic rings. The number of aromatic nitrogens is 3. The van der Waals surface area contributed by atoms with E-state index in [4.69, 9.17) is 9.40 Å². The molecule has 1 unspecified atom stereocenters. The number of nitrogens with zero attached hydrogens (tertiary/aromatic N) is 3. The molecule has 7 aromatic rings. The Hall–Kier alpha value is -4.31. The number of fused-ring (bicyclic) bond motifs is 3. The number of benzene rings is 4. The quantitative estimate of drug-likeness (QED) is 0.166. The summed E-state index contributed by atoms with van der Waals surface area (Å²) < 4.78 is 8.51. The summed E-state index contributed by atoms with van der Waals surface area (Å²) in [5.41, 5.74) is 11.6. The summed E-state index contributed by atoms with van der Waals surface area (Å²) in [5, 5.41) is 2.25. The van der Waals surface area contributed by atoms with Crippen molar-refractivity contribution in [3.05, 3.63) is 127 Å². The van der Waals surface area contributed by atoms with Gasteiger partial charge in [0.05, 0.1) is 22.4 Å². The van der Waals surface area contributed by atoms with Gasteiger partial charge in [-0.05, 0) is 67.0 Å². The van der Waals surface area contributed by atoms with E-state index in [0.717, 1.165) is 62.4 Å². The molecular weight excluding hydrogens is 779 g/mol. The summed E-state index contributed by atoms with van der Waals surface area (Å²) in [6.07, 6.45) is 10.8. The number of rotatable bonds is 4. The summed E-state index contributed by atoms with van der Waals surface area (Å²) in [5.74, 6) is 1.76. The predicted molar refractivity (Wildman–Crippen MR) is 198 cm³/mol. The van der Waals surface area contributed by atoms with Crippen LogP contribution in [-0.2, 0) is 26.5 Å². The maximum atomic E-state index is 6.11. The summed E-state index contributed by atoms with van der Waals surface area (Å²) in [6, 6.07) is 38.1. The zero-order chi connectivity index (χ0) is 32.8. The maximum Gasteiger partial charge on any atom is 0.120 e. The van der Waals surface area contributed by atoms with Crippen LogP contribution in [0.1, 0.15) is 70.5 Å². The molecule has 1 atom stereocenters. The third-order valence-corrected chi connectivity index (χ3v) is 9.75. The molecule has 0 spiro atoms. The minimum Gasteiger partial charge on any atom is -0.501 e. The Morgan fingerprint density at radius 2 is 1.69 bits per heavy atom. The average molecular weight is 820 g/mol. The van der Waals surface area contributed by atoms with E-state index in [1.165, 1.54) is 42.3 Å². The molecule has 4 heterocycles. The summed E-state index contributed by atoms with van der Waals surface area (Å²) in [4.78, 5) is 9.53. The van der Waals surface area contributed by atoms with Crippen LogP contribution in [-0.4, -0.2) is 14.5 Å². The Morgan fingerprint density at radius 3 is 2.49 bits per heavy atom. The molecule has 0 saturated heterocycles. The van der Waals surface area contributed by atoms with Gasteiger partial charge in [0.1, 0.15) is 5.58 Å². The van der Waals surface area contributed by atoms with E-state index < -0.39 is 0 Å². The molecule has 1 aliphatic heterocycles. The van der Waals surface area contributed by atoms with Crippen LogP contribution in [0.2, 0.25) is 0 Å². The van der Waals surface area contributed by atoms with Crippen LogP contribution in [0, 0.1) is 23.5 Å². The fraction of sp³-hybridized carbons (Fsp3) is 0.273. The Morgan fingerprint density at radius 1 is 0.878 bits per heavy atom. The molecule has 1 aliphatic carbocycles. The van der Waals surface area contributed by atoms with Crippen molar-refractivity contribution in [2.75, 3.05) is 0 Å². The van der Waals surface area contributed by atoms with Gasteiger partial charge < -0.3 is 14.0 Å². The number of hydrogen-bond acceptors (Lipinski definition) is 3. The van der Waals surface area contributed by atoms with Crippen molar-refractivity contribution < 1.29 is 24.5 Å². The summed E-state index contributed by atoms with van der Waals surface area (Å²) >= 11 is 0. The Balaban J connectivity index is 0.000000151. The molecule has 49 heavy (non-hydrogen) atoms. The van der Waals surface area contributed by atoms with E-state index in [1.54, 1.807) is 5.57 Å². The number of hydrogen-bond donors (Lipinski definition) is 0. The second-order valence-electron chi connectivity index (χ2n) is 14.6. The number of furan rings is 1. The van der Waals surface area contributed by atoms with Crippen molar-refractivity contribution in [2.24, 2.45) is 11.3 Å². The normalized spacial score (nSPS) is 16.0. The van der Waals surface area contributed by atoms with Crippen molar-refractivity contribution in [3.8, 4) is 22.6 Å². The van der Waals surface area contributed by atoms with Gasteiger partial charge in [0.15, 0.2) is 0 Å². The van der Waals surface area contributed by atoms with Gasteiger partial charge in [-0.25, -0.2) is 0 Å². The second-order valence-corrected chi connectivity index (χ2v) is 14.6. The molecule has 0 bridgehead atoms. The van der Waals surface area contributed by atoms with E-state index >= 15 is 0 Å². The van der Waals surface area contributed by atoms with E-state index in [9.17, 15) is 0 Å². The minimum atomic E-state index is 0. The van der Waals surface area contributed by atoms with Crippen LogP contribution in [0.15, 0.2) is 108 Å². The molecule has 0 N–H and O–H groups in total. The van der Waals surface area contributed by atoms with Crippen LogP contribution < -0.4 is 0 Å². The standard InChI is InChI=1S/C22H21N2.C22H20NO.Ir/c1-15-14-19(16-8-5-6-9-16)18-12-7-13-20-21(18)24(15)22(23-20)17-10-3-2-4-11-17;1-22(2,3)14-15-11-12-23-19(13-15)18-9-6-8-17-16-7-4-5-10-20(16)24-21(17)18;/h2-4,7,10,12-16H,5-6,8-9H2,1H3;4-8,10-13H,14H2,1-3H3;/q2*-1;. The van der Waals surface area contributed by atoms with E-state index in [0.29, 0.717) is 6.04 Å². The van der Waals surface area contributed by atoms with Crippen LogP contribution >= 0.6 is 0 Å². The molecule has 3 aromatic heterocycles. The first-order valence-electron chi connectivity index (χ1n) is 17.3. The van der Waals surface area contributed by atoms with Crippen molar-refractivity contribution in [3.63, 3.8) is 0 Å². The molecule has 1 radical (unpaired) electrons. The first kappa shape index (κ1) is 33.2. The molecular formula is C44H41IrN3O-2. The van der Waals surface area contributed by atoms with Gasteiger partial charge in [-0.15, -0.1) is 54.1 Å². The van der Waals surface area contributed by atoms with Crippen LogP contribution in [0.4, 0.5) is 0 Å². The zero-order valence-electron chi connectivity index (χ0n) is 28.6. The number of pyridine rings is 1. The minimum absolute atomic E-state index is 0. The Kier molecular flexibility index (Phi) is 9.17. The molecule has 9 rings (SSSR count). The third-order valence-electron chi connectivity index (χ3n) is 9.75. The molecule has 1 saturated carbocycles. The number of imidazole rings is 1. The molecule has 4 aromatic carbocycles. The Labute approximate surface area is 302 Å². The van der Waals surface area contributed by atoms with Gasteiger partial charge in [-0.1, -0.05) is 92.6 Å². The van der Waals surface area contributed by atoms with Crippen LogP contribution in [0.5, 0.6) is 0 Å². The molecule has 0 amide bonds. The fourth-order valence-corrected chi connectivity index (χ4v) is 7.73. The van der Waals surface area contributed by atoms with Gasteiger partial charge in [-0.3, -0.25) is 4.98 Å². The predicted octanol–water partition coefficient (Wildman–Crippen LogP) is 11.7. The van der Waals surface area contributed by atoms with Crippen LogP contribution in [0.25, 0.3) is 61.2 Å². The van der Waals surface area contributed by atoms with Gasteiger partial charge >= 0.3 is 0 Å². The van der Waals surface area contributed by atoms with Gasteiger partial charge in [0, 0.05) is 43.3 Å². The summed E-state index contributed by atoms with van der Waals surface area (Å²) in [7, 11) is 0. The molecule has 4 nitrogen and oxygen atoms in total. The smallest absolute Gasteiger partial charge is 0.120 e. The third kappa shape index (κ3) is 6.43. The van der Waals surface area contributed by atoms with Gasteiger partial charge in [0.25, 0.3) is 0 Å². The summed E-state index contributed by atoms with van der Waals surface area (Å²) in [6.45, 7) is 9.04. The van der Waals surface area contributed by atoms with E-state index in [2.05, 4.69) is 110 Å². The molecule has 249 valence electrons.